The van der Waals surface area contributed by atoms with Crippen LogP contribution in [-0.4, -0.2) is 47.3 Å². The van der Waals surface area contributed by atoms with Crippen LogP contribution < -0.4 is 5.32 Å². The van der Waals surface area contributed by atoms with Gasteiger partial charge >= 0.3 is 18.2 Å². The standard InChI is InChI=1S/C11H17F3N2O3/c1-6(2)8(11(12,13)14)15-10(19)16-4-3-7(5-16)9(17)18/h6-8H,3-5H2,1-2H3,(H,15,19)(H,17,18)/t7?,8-/m0/s1. The first-order valence-electron chi connectivity index (χ1n) is 5.98. The molecule has 110 valence electrons. The second kappa shape index (κ2) is 5.66. The summed E-state index contributed by atoms with van der Waals surface area (Å²) in [5, 5.41) is 10.7. The number of carboxylic acid groups (broad SMARTS) is 1. The molecule has 0 aromatic rings. The van der Waals surface area contributed by atoms with E-state index in [2.05, 4.69) is 0 Å². The number of hydrogen-bond donors (Lipinski definition) is 2. The van der Waals surface area contributed by atoms with E-state index in [9.17, 15) is 22.8 Å². The van der Waals surface area contributed by atoms with Gasteiger partial charge in [-0.2, -0.15) is 13.2 Å². The lowest BCUT2D eigenvalue weighted by molar-refractivity contribution is -0.162. The van der Waals surface area contributed by atoms with Crippen molar-refractivity contribution < 1.29 is 27.9 Å². The molecule has 0 radical (unpaired) electrons. The Hall–Kier alpha value is -1.47. The summed E-state index contributed by atoms with van der Waals surface area (Å²) < 4.78 is 38.1. The number of amides is 2. The summed E-state index contributed by atoms with van der Waals surface area (Å²) in [5.74, 6) is -2.53. The van der Waals surface area contributed by atoms with Crippen LogP contribution >= 0.6 is 0 Å². The topological polar surface area (TPSA) is 69.6 Å². The van der Waals surface area contributed by atoms with E-state index in [0.29, 0.717) is 0 Å². The van der Waals surface area contributed by atoms with Crippen molar-refractivity contribution in [2.75, 3.05) is 13.1 Å². The van der Waals surface area contributed by atoms with Crippen molar-refractivity contribution >= 4 is 12.0 Å². The van der Waals surface area contributed by atoms with E-state index in [4.69, 9.17) is 5.11 Å². The first-order chi connectivity index (χ1) is 8.62. The van der Waals surface area contributed by atoms with Crippen LogP contribution in [0.5, 0.6) is 0 Å². The van der Waals surface area contributed by atoms with Crippen molar-refractivity contribution in [3.8, 4) is 0 Å². The van der Waals surface area contributed by atoms with Crippen molar-refractivity contribution in [2.24, 2.45) is 11.8 Å². The van der Waals surface area contributed by atoms with Crippen LogP contribution in [0.25, 0.3) is 0 Å². The van der Waals surface area contributed by atoms with Gasteiger partial charge in [-0.05, 0) is 12.3 Å². The summed E-state index contributed by atoms with van der Waals surface area (Å²) >= 11 is 0. The van der Waals surface area contributed by atoms with E-state index in [1.165, 1.54) is 13.8 Å². The Morgan fingerprint density at radius 1 is 1.37 bits per heavy atom. The highest BCUT2D eigenvalue weighted by atomic mass is 19.4. The summed E-state index contributed by atoms with van der Waals surface area (Å²) in [6.07, 6.45) is -4.25. The second-order valence-corrected chi connectivity index (χ2v) is 4.98. The van der Waals surface area contributed by atoms with Crippen molar-refractivity contribution in [3.05, 3.63) is 0 Å². The molecule has 2 N–H and O–H groups in total. The van der Waals surface area contributed by atoms with Crippen molar-refractivity contribution in [2.45, 2.75) is 32.5 Å². The Labute approximate surface area is 108 Å². The number of nitrogens with zero attached hydrogens (tertiary/aromatic N) is 1. The summed E-state index contributed by atoms with van der Waals surface area (Å²) in [6.45, 7) is 2.83. The third-order valence-corrected chi connectivity index (χ3v) is 3.12. The zero-order chi connectivity index (χ0) is 14.8. The molecule has 0 saturated carbocycles. The Morgan fingerprint density at radius 2 is 1.95 bits per heavy atom. The molecule has 2 atom stereocenters. The van der Waals surface area contributed by atoms with Gasteiger partial charge in [0.2, 0.25) is 0 Å². The largest absolute Gasteiger partial charge is 0.481 e. The second-order valence-electron chi connectivity index (χ2n) is 4.98. The molecule has 2 amide bonds. The lowest BCUT2D eigenvalue weighted by Crippen LogP contribution is -2.52. The highest BCUT2D eigenvalue weighted by Gasteiger charge is 2.43. The minimum atomic E-state index is -4.52. The Kier molecular flexibility index (Phi) is 4.65. The van der Waals surface area contributed by atoms with Gasteiger partial charge in [0, 0.05) is 13.1 Å². The number of carbonyl (C=O) groups excluding carboxylic acids is 1. The fourth-order valence-electron chi connectivity index (χ4n) is 2.00. The summed E-state index contributed by atoms with van der Waals surface area (Å²) in [5.41, 5.74) is 0. The zero-order valence-electron chi connectivity index (χ0n) is 10.7. The van der Waals surface area contributed by atoms with Crippen LogP contribution in [0.3, 0.4) is 0 Å². The molecule has 0 spiro atoms. The van der Waals surface area contributed by atoms with Gasteiger partial charge in [-0.1, -0.05) is 13.8 Å². The van der Waals surface area contributed by atoms with Crippen LogP contribution in [0.1, 0.15) is 20.3 Å². The molecule has 1 saturated heterocycles. The van der Waals surface area contributed by atoms with E-state index in [0.717, 1.165) is 4.90 Å². The van der Waals surface area contributed by atoms with Crippen LogP contribution in [0.2, 0.25) is 0 Å². The molecule has 0 bridgehead atoms. The lowest BCUT2D eigenvalue weighted by atomic mass is 10.0. The van der Waals surface area contributed by atoms with Crippen LogP contribution in [-0.2, 0) is 4.79 Å². The highest BCUT2D eigenvalue weighted by Crippen LogP contribution is 2.26. The minimum absolute atomic E-state index is 0.0517. The predicted molar refractivity (Wildman–Crippen MR) is 60.5 cm³/mol. The number of urea groups is 1. The fraction of sp³-hybridized carbons (Fsp3) is 0.818. The zero-order valence-corrected chi connectivity index (χ0v) is 10.7. The number of carboxylic acids is 1. The molecule has 1 heterocycles. The number of halogens is 3. The molecule has 19 heavy (non-hydrogen) atoms. The van der Waals surface area contributed by atoms with E-state index in [1.54, 1.807) is 0 Å². The summed E-state index contributed by atoms with van der Waals surface area (Å²) in [4.78, 5) is 23.5. The van der Waals surface area contributed by atoms with E-state index in [1.807, 2.05) is 5.32 Å². The Morgan fingerprint density at radius 3 is 2.32 bits per heavy atom. The average molecular weight is 282 g/mol. The molecule has 8 heteroatoms. The first kappa shape index (κ1) is 15.6. The normalized spacial score (nSPS) is 21.6. The lowest BCUT2D eigenvalue weighted by Gasteiger charge is -2.27. The van der Waals surface area contributed by atoms with Gasteiger partial charge in [-0.25, -0.2) is 4.79 Å². The molecule has 0 aliphatic carbocycles. The summed E-state index contributed by atoms with van der Waals surface area (Å²) in [6, 6.07) is -2.79. The Balaban J connectivity index is 2.62. The third kappa shape index (κ3) is 4.00. The van der Waals surface area contributed by atoms with Crippen LogP contribution in [0.4, 0.5) is 18.0 Å². The van der Waals surface area contributed by atoms with Gasteiger partial charge in [-0.15, -0.1) is 0 Å². The third-order valence-electron chi connectivity index (χ3n) is 3.12. The Bertz CT molecular complexity index is 358. The number of nitrogens with one attached hydrogen (secondary N) is 1. The molecule has 0 aromatic heterocycles. The molecular formula is C11H17F3N2O3. The molecule has 5 nitrogen and oxygen atoms in total. The molecule has 1 unspecified atom stereocenters. The molecule has 1 aliphatic heterocycles. The van der Waals surface area contributed by atoms with E-state index in [-0.39, 0.29) is 19.5 Å². The van der Waals surface area contributed by atoms with Crippen molar-refractivity contribution in [1.82, 2.24) is 10.2 Å². The number of rotatable bonds is 3. The van der Waals surface area contributed by atoms with Gasteiger partial charge in [0.1, 0.15) is 6.04 Å². The molecule has 0 aromatic carbocycles. The molecule has 1 aliphatic rings. The SMILES string of the molecule is CC(C)[C@H](NC(=O)N1CCC(C(=O)O)C1)C(F)(F)F. The highest BCUT2D eigenvalue weighted by molar-refractivity contribution is 5.77. The van der Waals surface area contributed by atoms with Gasteiger partial charge in [0.05, 0.1) is 5.92 Å². The maximum Gasteiger partial charge on any atom is 0.408 e. The number of alkyl halides is 3. The van der Waals surface area contributed by atoms with E-state index < -0.39 is 36.1 Å². The average Bonchev–Trinajstić information content (AvgIpc) is 2.72. The van der Waals surface area contributed by atoms with Gasteiger partial charge in [0.25, 0.3) is 0 Å². The number of likely N-dealkylation sites (tertiary alicyclic amines) is 1. The summed E-state index contributed by atoms with van der Waals surface area (Å²) in [7, 11) is 0. The van der Waals surface area contributed by atoms with Gasteiger partial charge in [-0.3, -0.25) is 4.79 Å². The van der Waals surface area contributed by atoms with Gasteiger partial charge < -0.3 is 15.3 Å². The predicted octanol–water partition coefficient (Wildman–Crippen LogP) is 1.69. The molecule has 1 fully saturated rings. The fourth-order valence-corrected chi connectivity index (χ4v) is 2.00. The van der Waals surface area contributed by atoms with Crippen LogP contribution in [0.15, 0.2) is 0 Å². The van der Waals surface area contributed by atoms with Crippen molar-refractivity contribution in [1.29, 1.82) is 0 Å². The number of aliphatic carboxylic acids is 1. The first-order valence-corrected chi connectivity index (χ1v) is 5.98. The van der Waals surface area contributed by atoms with Gasteiger partial charge in [0.15, 0.2) is 0 Å². The minimum Gasteiger partial charge on any atom is -0.481 e. The molecular weight excluding hydrogens is 265 g/mol. The molecule has 1 rings (SSSR count). The maximum absolute atomic E-state index is 12.7. The van der Waals surface area contributed by atoms with Crippen LogP contribution in [0, 0.1) is 11.8 Å². The smallest absolute Gasteiger partial charge is 0.408 e. The number of hydrogen-bond acceptors (Lipinski definition) is 2. The quantitative estimate of drug-likeness (QED) is 0.827. The van der Waals surface area contributed by atoms with E-state index >= 15 is 0 Å². The maximum atomic E-state index is 12.7. The van der Waals surface area contributed by atoms with Crippen molar-refractivity contribution in [3.63, 3.8) is 0 Å². The number of carbonyl (C=O) groups is 2. The monoisotopic (exact) mass is 282 g/mol.